The third kappa shape index (κ3) is 5.15. The molecule has 2 aromatic rings. The van der Waals surface area contributed by atoms with E-state index in [-0.39, 0.29) is 41.6 Å². The number of rotatable bonds is 9. The highest BCUT2D eigenvalue weighted by Gasteiger charge is 2.26. The van der Waals surface area contributed by atoms with Crippen molar-refractivity contribution >= 4 is 21.6 Å². The summed E-state index contributed by atoms with van der Waals surface area (Å²) in [6.07, 6.45) is 0. The lowest BCUT2D eigenvalue weighted by Crippen LogP contribution is -2.32. The molecule has 0 fully saturated rings. The maximum atomic E-state index is 13.1. The Labute approximate surface area is 187 Å². The number of aryl methyl sites for hydroxylation is 1. The van der Waals surface area contributed by atoms with Crippen molar-refractivity contribution in [3.63, 3.8) is 0 Å². The predicted molar refractivity (Wildman–Crippen MR) is 119 cm³/mol. The van der Waals surface area contributed by atoms with Gasteiger partial charge in [0.2, 0.25) is 15.9 Å². The van der Waals surface area contributed by atoms with Gasteiger partial charge in [-0.15, -0.1) is 0 Å². The van der Waals surface area contributed by atoms with E-state index in [0.717, 1.165) is 4.68 Å². The number of hydrogen-bond acceptors (Lipinski definition) is 7. The van der Waals surface area contributed by atoms with Gasteiger partial charge < -0.3 is 10.1 Å². The fourth-order valence-corrected chi connectivity index (χ4v) is 4.73. The van der Waals surface area contributed by atoms with Crippen molar-refractivity contribution < 1.29 is 17.9 Å². The minimum atomic E-state index is -3.84. The first-order valence-corrected chi connectivity index (χ1v) is 11.6. The van der Waals surface area contributed by atoms with Crippen molar-refractivity contribution in [2.75, 3.05) is 25.0 Å². The average Bonchev–Trinajstić information content (AvgIpc) is 2.74. The predicted octanol–water partition coefficient (Wildman–Crippen LogP) is 1.80. The number of benzene rings is 1. The summed E-state index contributed by atoms with van der Waals surface area (Å²) in [5, 5.41) is 15.9. The zero-order valence-electron chi connectivity index (χ0n) is 18.8. The molecule has 0 saturated heterocycles. The largest absolute Gasteiger partial charge is 0.492 e. The highest BCUT2D eigenvalue weighted by molar-refractivity contribution is 7.89. The first-order chi connectivity index (χ1) is 15.1. The Balaban J connectivity index is 2.38. The molecule has 0 aliphatic heterocycles. The smallest absolute Gasteiger partial charge is 0.285 e. The maximum absolute atomic E-state index is 13.1. The van der Waals surface area contributed by atoms with Crippen LogP contribution in [0.3, 0.4) is 0 Å². The van der Waals surface area contributed by atoms with Gasteiger partial charge in [-0.3, -0.25) is 9.59 Å². The molecule has 0 bridgehead atoms. The van der Waals surface area contributed by atoms with E-state index in [4.69, 9.17) is 4.74 Å². The molecule has 10 nitrogen and oxygen atoms in total. The number of nitriles is 1. The van der Waals surface area contributed by atoms with Gasteiger partial charge in [0.1, 0.15) is 28.8 Å². The van der Waals surface area contributed by atoms with E-state index in [1.165, 1.54) is 22.5 Å². The molecule has 0 saturated carbocycles. The number of amides is 1. The van der Waals surface area contributed by atoms with Crippen LogP contribution < -0.4 is 15.6 Å². The van der Waals surface area contributed by atoms with Gasteiger partial charge in [0.05, 0.1) is 12.3 Å². The molecule has 32 heavy (non-hydrogen) atoms. The van der Waals surface area contributed by atoms with Crippen LogP contribution in [0, 0.1) is 25.2 Å². The number of aromatic nitrogens is 2. The molecule has 2 rings (SSSR count). The Hall–Kier alpha value is -3.23. The summed E-state index contributed by atoms with van der Waals surface area (Å²) in [7, 11) is -3.84. The molecule has 1 heterocycles. The highest BCUT2D eigenvalue weighted by atomic mass is 32.2. The van der Waals surface area contributed by atoms with Crippen molar-refractivity contribution in [2.45, 2.75) is 46.1 Å². The van der Waals surface area contributed by atoms with Crippen LogP contribution in [0.25, 0.3) is 0 Å². The third-order valence-electron chi connectivity index (χ3n) is 4.89. The molecule has 0 spiro atoms. The summed E-state index contributed by atoms with van der Waals surface area (Å²) >= 11 is 0. The molecule has 11 heteroatoms. The first kappa shape index (κ1) is 25.0. The van der Waals surface area contributed by atoms with Gasteiger partial charge >= 0.3 is 0 Å². The Bertz CT molecular complexity index is 1210. The van der Waals surface area contributed by atoms with E-state index in [2.05, 4.69) is 10.4 Å². The topological polar surface area (TPSA) is 134 Å². The molecule has 172 valence electrons. The number of ether oxygens (including phenoxy) is 1. The molecule has 0 atom stereocenters. The fraction of sp³-hybridized carbons (Fsp3) is 0.429. The molecule has 1 aromatic heterocycles. The van der Waals surface area contributed by atoms with E-state index < -0.39 is 28.0 Å². The van der Waals surface area contributed by atoms with Crippen LogP contribution in [0.15, 0.2) is 27.9 Å². The number of anilines is 1. The van der Waals surface area contributed by atoms with Gasteiger partial charge in [0.15, 0.2) is 0 Å². The van der Waals surface area contributed by atoms with Gasteiger partial charge in [-0.1, -0.05) is 13.8 Å². The van der Waals surface area contributed by atoms with Crippen LogP contribution in [0.4, 0.5) is 5.69 Å². The van der Waals surface area contributed by atoms with Crippen LogP contribution in [0.1, 0.15) is 37.6 Å². The van der Waals surface area contributed by atoms with E-state index in [0.29, 0.717) is 11.3 Å². The summed E-state index contributed by atoms with van der Waals surface area (Å²) in [5.74, 6) is -0.412. The Morgan fingerprint density at radius 2 is 1.91 bits per heavy atom. The second kappa shape index (κ2) is 10.4. The van der Waals surface area contributed by atoms with Gasteiger partial charge in [0.25, 0.3) is 5.56 Å². The molecular formula is C21H27N5O5S. The molecule has 1 N–H and O–H groups in total. The van der Waals surface area contributed by atoms with E-state index in [9.17, 15) is 23.3 Å². The summed E-state index contributed by atoms with van der Waals surface area (Å²) in [4.78, 5) is 24.9. The monoisotopic (exact) mass is 461 g/mol. The summed E-state index contributed by atoms with van der Waals surface area (Å²) in [6.45, 7) is 8.87. The van der Waals surface area contributed by atoms with Crippen LogP contribution in [-0.2, 0) is 21.4 Å². The standard InChI is InChI=1S/C21H27N5O5S/c1-6-25(7-2)32(29,30)19-11-16(9-10-18(19)31-8-3)23-20(27)13-26-21(28)17(12-22)14(4)15(5)24-26/h9-11H,6-8,13H2,1-5H3,(H,23,27). The lowest BCUT2D eigenvalue weighted by Gasteiger charge is -2.21. The second-order valence-electron chi connectivity index (χ2n) is 6.89. The van der Waals surface area contributed by atoms with Crippen molar-refractivity contribution in [2.24, 2.45) is 0 Å². The lowest BCUT2D eigenvalue weighted by atomic mass is 10.1. The van der Waals surface area contributed by atoms with Crippen LogP contribution in [0.5, 0.6) is 5.75 Å². The van der Waals surface area contributed by atoms with Gasteiger partial charge in [-0.05, 0) is 44.5 Å². The Morgan fingerprint density at radius 1 is 1.25 bits per heavy atom. The maximum Gasteiger partial charge on any atom is 0.285 e. The molecule has 0 aliphatic rings. The minimum absolute atomic E-state index is 0.0610. The number of carbonyl (C=O) groups is 1. The average molecular weight is 462 g/mol. The number of sulfonamides is 1. The first-order valence-electron chi connectivity index (χ1n) is 10.2. The van der Waals surface area contributed by atoms with E-state index in [1.54, 1.807) is 34.6 Å². The van der Waals surface area contributed by atoms with Crippen LogP contribution in [-0.4, -0.2) is 48.1 Å². The fourth-order valence-electron chi connectivity index (χ4n) is 3.11. The second-order valence-corrected chi connectivity index (χ2v) is 8.80. The number of carbonyl (C=O) groups excluding carboxylic acids is 1. The van der Waals surface area contributed by atoms with Crippen molar-refractivity contribution in [3.05, 3.63) is 45.4 Å². The number of nitrogens with zero attached hydrogens (tertiary/aromatic N) is 4. The SMILES string of the molecule is CCOc1ccc(NC(=O)Cn2nc(C)c(C)c(C#N)c2=O)cc1S(=O)(=O)N(CC)CC. The Kier molecular flexibility index (Phi) is 8.13. The van der Waals surface area contributed by atoms with E-state index >= 15 is 0 Å². The summed E-state index contributed by atoms with van der Waals surface area (Å²) in [6, 6.07) is 6.16. The molecule has 0 radical (unpaired) electrons. The zero-order valence-corrected chi connectivity index (χ0v) is 19.6. The summed E-state index contributed by atoms with van der Waals surface area (Å²) in [5.41, 5.74) is 0.414. The molecular weight excluding hydrogens is 434 g/mol. The minimum Gasteiger partial charge on any atom is -0.492 e. The normalized spacial score (nSPS) is 11.3. The van der Waals surface area contributed by atoms with Crippen molar-refractivity contribution in [3.8, 4) is 11.8 Å². The van der Waals surface area contributed by atoms with Crippen molar-refractivity contribution in [1.82, 2.24) is 14.1 Å². The molecule has 0 unspecified atom stereocenters. The van der Waals surface area contributed by atoms with Crippen LogP contribution >= 0.6 is 0 Å². The number of hydrogen-bond donors (Lipinski definition) is 1. The van der Waals surface area contributed by atoms with Gasteiger partial charge in [-0.25, -0.2) is 13.1 Å². The lowest BCUT2D eigenvalue weighted by molar-refractivity contribution is -0.117. The van der Waals surface area contributed by atoms with Gasteiger partial charge in [-0.2, -0.15) is 14.7 Å². The van der Waals surface area contributed by atoms with Crippen molar-refractivity contribution in [1.29, 1.82) is 5.26 Å². The summed E-state index contributed by atoms with van der Waals surface area (Å²) < 4.78 is 33.8. The molecule has 0 aliphatic carbocycles. The Morgan fingerprint density at radius 3 is 2.47 bits per heavy atom. The third-order valence-corrected chi connectivity index (χ3v) is 6.96. The molecule has 1 aromatic carbocycles. The number of nitrogens with one attached hydrogen (secondary N) is 1. The quantitative estimate of drug-likeness (QED) is 0.602. The van der Waals surface area contributed by atoms with Gasteiger partial charge in [0, 0.05) is 18.8 Å². The zero-order chi connectivity index (χ0) is 24.1. The van der Waals surface area contributed by atoms with E-state index in [1.807, 2.05) is 6.07 Å². The highest BCUT2D eigenvalue weighted by Crippen LogP contribution is 2.30. The molecule has 1 amide bonds. The van der Waals surface area contributed by atoms with Crippen LogP contribution in [0.2, 0.25) is 0 Å².